The van der Waals surface area contributed by atoms with Gasteiger partial charge in [0.2, 0.25) is 0 Å². The molecule has 2 aliphatic rings. The third kappa shape index (κ3) is 11.7. The fourth-order valence-corrected chi connectivity index (χ4v) is 7.30. The number of methoxy groups -OCH3 is 4. The van der Waals surface area contributed by atoms with Crippen LogP contribution in [0.5, 0.6) is 23.0 Å². The summed E-state index contributed by atoms with van der Waals surface area (Å²) in [5.74, 6) is 2.92. The number of hydrogen-bond donors (Lipinski definition) is 8. The molecule has 0 heterocycles. The fraction of sp³-hybridized carbons (Fsp3) is 0.350. The van der Waals surface area contributed by atoms with E-state index in [0.29, 0.717) is 38.8 Å². The molecule has 16 nitrogen and oxygen atoms in total. The van der Waals surface area contributed by atoms with Gasteiger partial charge >= 0.3 is 10.4 Å². The first-order chi connectivity index (χ1) is 27.1. The predicted molar refractivity (Wildman–Crippen MR) is 215 cm³/mol. The van der Waals surface area contributed by atoms with E-state index >= 15 is 0 Å². The molecule has 2 aliphatic carbocycles. The zero-order valence-electron chi connectivity index (χ0n) is 32.3. The normalized spacial score (nSPS) is 18.1. The summed E-state index contributed by atoms with van der Waals surface area (Å²) >= 11 is 0. The van der Waals surface area contributed by atoms with Crippen LogP contribution in [0.15, 0.2) is 84.9 Å². The molecule has 0 radical (unpaired) electrons. The van der Waals surface area contributed by atoms with Crippen molar-refractivity contribution >= 4 is 22.3 Å². The number of ether oxygens (including phenoxy) is 4. The van der Waals surface area contributed by atoms with Crippen molar-refractivity contribution in [2.45, 2.75) is 63.1 Å². The third-order valence-electron chi connectivity index (χ3n) is 9.92. The van der Waals surface area contributed by atoms with Crippen LogP contribution in [0.25, 0.3) is 0 Å². The molecule has 4 atom stereocenters. The number of nitrogens with zero attached hydrogens (tertiary/aromatic N) is 2. The average Bonchev–Trinajstić information content (AvgIpc) is 3.18. The highest BCUT2D eigenvalue weighted by Gasteiger charge is 2.37. The number of rotatable bonds is 10. The standard InChI is InChI=1S/2C20H25N3O3.H2O4S/c2*1-25-18-8-9-19(26-2)15-11-17(24)16(10-14(15)18)23(20(21)22)12-13-6-4-3-5-7-13;1-5(2,3)4/h2*3-9,16-17,24H,10-12H2,1-2H3,(H3,21,22);(H2,1,2,3,4). The second-order valence-electron chi connectivity index (χ2n) is 13.4. The van der Waals surface area contributed by atoms with Gasteiger partial charge in [-0.25, -0.2) is 0 Å². The molecule has 0 spiro atoms. The number of benzene rings is 4. The van der Waals surface area contributed by atoms with Gasteiger partial charge in [0.05, 0.1) is 52.7 Å². The van der Waals surface area contributed by atoms with Crippen LogP contribution in [-0.2, 0) is 49.2 Å². The minimum absolute atomic E-state index is 0.0526. The Balaban J connectivity index is 0.000000226. The molecule has 0 aromatic heterocycles. The molecule has 10 N–H and O–H groups in total. The lowest BCUT2D eigenvalue weighted by Gasteiger charge is -2.39. The minimum Gasteiger partial charge on any atom is -0.496 e. The zero-order chi connectivity index (χ0) is 41.9. The SMILES string of the molecule is COc1ccc(OC)c2c1CC(O)C(N(Cc1ccccc1)C(=N)N)C2.COc1ccc(OC)c2c1CC(O)C(N(Cc1ccccc1)C(=N)N)C2.O=S(=O)(O)O. The van der Waals surface area contributed by atoms with Gasteiger partial charge in [-0.2, -0.15) is 8.42 Å². The maximum absolute atomic E-state index is 10.8. The molecule has 17 heteroatoms. The van der Waals surface area contributed by atoms with E-state index < -0.39 is 22.6 Å². The molecule has 0 saturated heterocycles. The molecule has 4 unspecified atom stereocenters. The summed E-state index contributed by atoms with van der Waals surface area (Å²) in [4.78, 5) is 3.50. The van der Waals surface area contributed by atoms with Crippen molar-refractivity contribution in [3.63, 3.8) is 0 Å². The molecule has 0 aliphatic heterocycles. The second kappa shape index (κ2) is 20.0. The van der Waals surface area contributed by atoms with E-state index in [0.717, 1.165) is 56.4 Å². The summed E-state index contributed by atoms with van der Waals surface area (Å²) in [6.45, 7) is 0.943. The number of fused-ring (bicyclic) bond motifs is 2. The molecule has 4 aromatic carbocycles. The van der Waals surface area contributed by atoms with E-state index in [4.69, 9.17) is 58.8 Å². The smallest absolute Gasteiger partial charge is 0.394 e. The largest absolute Gasteiger partial charge is 0.496 e. The maximum Gasteiger partial charge on any atom is 0.394 e. The molecular weight excluding hydrogens is 757 g/mol. The average molecular weight is 809 g/mol. The first kappa shape index (κ1) is 44.1. The molecular formula is C40H52N6O10S. The van der Waals surface area contributed by atoms with E-state index in [-0.39, 0.29) is 24.0 Å². The van der Waals surface area contributed by atoms with Crippen LogP contribution in [0.1, 0.15) is 33.4 Å². The topological polar surface area (TPSA) is 258 Å². The van der Waals surface area contributed by atoms with Crippen molar-refractivity contribution in [3.05, 3.63) is 118 Å². The van der Waals surface area contributed by atoms with Crippen LogP contribution in [0, 0.1) is 10.8 Å². The zero-order valence-corrected chi connectivity index (χ0v) is 33.1. The Morgan fingerprint density at radius 2 is 0.842 bits per heavy atom. The molecule has 4 aromatic rings. The molecule has 0 fully saturated rings. The number of nitrogens with one attached hydrogen (secondary N) is 2. The molecule has 6 rings (SSSR count). The Bertz CT molecular complexity index is 1930. The summed E-state index contributed by atoms with van der Waals surface area (Å²) in [7, 11) is 1.85. The van der Waals surface area contributed by atoms with Crippen molar-refractivity contribution in [1.82, 2.24) is 9.80 Å². The van der Waals surface area contributed by atoms with E-state index in [2.05, 4.69) is 0 Å². The minimum atomic E-state index is -4.67. The number of aliphatic hydroxyl groups is 2. The highest BCUT2D eigenvalue weighted by Crippen LogP contribution is 2.39. The lowest BCUT2D eigenvalue weighted by atomic mass is 9.84. The summed E-state index contributed by atoms with van der Waals surface area (Å²) in [5, 5.41) is 37.7. The van der Waals surface area contributed by atoms with Crippen LogP contribution < -0.4 is 30.4 Å². The fourth-order valence-electron chi connectivity index (χ4n) is 7.30. The summed E-state index contributed by atoms with van der Waals surface area (Å²) in [5.41, 5.74) is 17.7. The highest BCUT2D eigenvalue weighted by molar-refractivity contribution is 7.79. The Morgan fingerprint density at radius 1 is 0.579 bits per heavy atom. The van der Waals surface area contributed by atoms with Crippen molar-refractivity contribution in [2.75, 3.05) is 28.4 Å². The van der Waals surface area contributed by atoms with E-state index in [1.165, 1.54) is 0 Å². The van der Waals surface area contributed by atoms with Gasteiger partial charge in [0, 0.05) is 48.2 Å². The molecule has 0 saturated carbocycles. The lowest BCUT2D eigenvalue weighted by molar-refractivity contribution is 0.0712. The van der Waals surface area contributed by atoms with Crippen LogP contribution in [0.4, 0.5) is 0 Å². The molecule has 57 heavy (non-hydrogen) atoms. The number of nitrogens with two attached hydrogens (primary N) is 2. The number of aliphatic hydroxyl groups excluding tert-OH is 2. The van der Waals surface area contributed by atoms with Crippen LogP contribution in [0.2, 0.25) is 0 Å². The van der Waals surface area contributed by atoms with Crippen molar-refractivity contribution < 1.29 is 46.7 Å². The molecule has 0 amide bonds. The van der Waals surface area contributed by atoms with E-state index in [1.807, 2.05) is 84.9 Å². The lowest BCUT2D eigenvalue weighted by Crippen LogP contribution is -2.52. The van der Waals surface area contributed by atoms with Gasteiger partial charge in [0.15, 0.2) is 11.9 Å². The second-order valence-corrected chi connectivity index (χ2v) is 14.3. The van der Waals surface area contributed by atoms with Crippen LogP contribution >= 0.6 is 0 Å². The van der Waals surface area contributed by atoms with Crippen molar-refractivity contribution in [2.24, 2.45) is 11.5 Å². The predicted octanol–water partition coefficient (Wildman–Crippen LogP) is 3.20. The van der Waals surface area contributed by atoms with Gasteiger partial charge in [-0.1, -0.05) is 60.7 Å². The van der Waals surface area contributed by atoms with Gasteiger partial charge in [0.1, 0.15) is 23.0 Å². The summed E-state index contributed by atoms with van der Waals surface area (Å²) in [6, 6.07) is 26.5. The first-order valence-corrected chi connectivity index (χ1v) is 19.3. The Kier molecular flexibility index (Phi) is 15.5. The van der Waals surface area contributed by atoms with Crippen molar-refractivity contribution in [1.29, 1.82) is 10.8 Å². The van der Waals surface area contributed by atoms with E-state index in [9.17, 15) is 10.2 Å². The van der Waals surface area contributed by atoms with Gasteiger partial charge in [-0.15, -0.1) is 0 Å². The number of hydrogen-bond acceptors (Lipinski definition) is 10. The van der Waals surface area contributed by atoms with Gasteiger partial charge in [0.25, 0.3) is 0 Å². The monoisotopic (exact) mass is 808 g/mol. The molecule has 308 valence electrons. The first-order valence-electron chi connectivity index (χ1n) is 17.9. The summed E-state index contributed by atoms with van der Waals surface area (Å²) < 4.78 is 53.5. The van der Waals surface area contributed by atoms with E-state index in [1.54, 1.807) is 38.2 Å². The van der Waals surface area contributed by atoms with Crippen molar-refractivity contribution in [3.8, 4) is 23.0 Å². The molecule has 0 bridgehead atoms. The van der Waals surface area contributed by atoms with Crippen LogP contribution in [-0.4, -0.2) is 102 Å². The Morgan fingerprint density at radius 3 is 1.09 bits per heavy atom. The maximum atomic E-state index is 10.8. The highest BCUT2D eigenvalue weighted by atomic mass is 32.3. The summed E-state index contributed by atoms with van der Waals surface area (Å²) in [6.07, 6.45) is 0.608. The van der Waals surface area contributed by atoms with Gasteiger partial charge in [-0.3, -0.25) is 19.9 Å². The number of guanidine groups is 2. The van der Waals surface area contributed by atoms with Gasteiger partial charge < -0.3 is 50.4 Å². The Hall–Kier alpha value is -5.59. The Labute approximate surface area is 333 Å². The third-order valence-corrected chi connectivity index (χ3v) is 9.92. The van der Waals surface area contributed by atoms with Gasteiger partial charge in [-0.05, 0) is 48.2 Å². The quantitative estimate of drug-likeness (QED) is 0.0651. The van der Waals surface area contributed by atoms with Crippen LogP contribution in [0.3, 0.4) is 0 Å².